The van der Waals surface area contributed by atoms with Crippen LogP contribution in [0.1, 0.15) is 0 Å². The van der Waals surface area contributed by atoms with Crippen LogP contribution in [0.2, 0.25) is 0 Å². The van der Waals surface area contributed by atoms with E-state index >= 15 is 0 Å². The Morgan fingerprint density at radius 2 is 1.52 bits per heavy atom. The fourth-order valence-electron chi connectivity index (χ4n) is 2.23. The van der Waals surface area contributed by atoms with E-state index in [9.17, 15) is 13.2 Å². The summed E-state index contributed by atoms with van der Waals surface area (Å²) in [5, 5.41) is 0.930. The predicted octanol–water partition coefficient (Wildman–Crippen LogP) is 2.60. The molecule has 0 spiro atoms. The lowest BCUT2D eigenvalue weighted by molar-refractivity contribution is 0.602. The van der Waals surface area contributed by atoms with Gasteiger partial charge in [0.1, 0.15) is 0 Å². The van der Waals surface area contributed by atoms with Gasteiger partial charge < -0.3 is 4.98 Å². The molecule has 0 radical (unpaired) electrons. The summed E-state index contributed by atoms with van der Waals surface area (Å²) in [5.74, 6) is 0. The van der Waals surface area contributed by atoms with E-state index in [4.69, 9.17) is 0 Å². The highest BCUT2D eigenvalue weighted by atomic mass is 32.2. The molecule has 21 heavy (non-hydrogen) atoms. The van der Waals surface area contributed by atoms with Gasteiger partial charge in [-0.25, -0.2) is 8.42 Å². The Bertz CT molecular complexity index is 970. The molecule has 0 bridgehead atoms. The van der Waals surface area contributed by atoms with Crippen molar-refractivity contribution in [3.8, 4) is 11.1 Å². The standard InChI is InChI=1S/C16H13NO3S/c1-21(19,20)14-6-2-11(3-7-14)12-4-8-15-13(10-12)5-9-16(18)17-15/h2-10H,1H3,(H,17,18). The minimum Gasteiger partial charge on any atom is -0.322 e. The van der Waals surface area contributed by atoms with Gasteiger partial charge in [-0.3, -0.25) is 4.79 Å². The quantitative estimate of drug-likeness (QED) is 0.791. The van der Waals surface area contributed by atoms with Gasteiger partial charge in [-0.15, -0.1) is 0 Å². The van der Waals surface area contributed by atoms with Crippen LogP contribution in [0.4, 0.5) is 0 Å². The van der Waals surface area contributed by atoms with Gasteiger partial charge in [0.25, 0.3) is 0 Å². The lowest BCUT2D eigenvalue weighted by atomic mass is 10.0. The predicted molar refractivity (Wildman–Crippen MR) is 83.1 cm³/mol. The molecule has 1 N–H and O–H groups in total. The third-order valence-electron chi connectivity index (χ3n) is 3.34. The van der Waals surface area contributed by atoms with Crippen molar-refractivity contribution in [2.45, 2.75) is 4.90 Å². The smallest absolute Gasteiger partial charge is 0.248 e. The van der Waals surface area contributed by atoms with E-state index in [-0.39, 0.29) is 5.56 Å². The van der Waals surface area contributed by atoms with E-state index in [1.807, 2.05) is 18.2 Å². The topological polar surface area (TPSA) is 67.0 Å². The number of hydrogen-bond donors (Lipinski definition) is 1. The van der Waals surface area contributed by atoms with E-state index in [0.29, 0.717) is 4.90 Å². The van der Waals surface area contributed by atoms with E-state index in [1.54, 1.807) is 30.3 Å². The third-order valence-corrected chi connectivity index (χ3v) is 4.47. The maximum Gasteiger partial charge on any atom is 0.248 e. The van der Waals surface area contributed by atoms with Crippen LogP contribution in [-0.4, -0.2) is 19.7 Å². The van der Waals surface area contributed by atoms with Crippen molar-refractivity contribution in [1.29, 1.82) is 0 Å². The van der Waals surface area contributed by atoms with Crippen LogP contribution < -0.4 is 5.56 Å². The summed E-state index contributed by atoms with van der Waals surface area (Å²) in [6, 6.07) is 15.7. The summed E-state index contributed by atoms with van der Waals surface area (Å²) in [4.78, 5) is 14.3. The van der Waals surface area contributed by atoms with Gasteiger partial charge in [0.2, 0.25) is 5.56 Å². The summed E-state index contributed by atoms with van der Waals surface area (Å²) in [7, 11) is -3.18. The molecule has 1 heterocycles. The number of nitrogens with one attached hydrogen (secondary N) is 1. The SMILES string of the molecule is CS(=O)(=O)c1ccc(-c2ccc3[nH]c(=O)ccc3c2)cc1. The van der Waals surface area contributed by atoms with Gasteiger partial charge in [0.15, 0.2) is 9.84 Å². The number of H-pyrrole nitrogens is 1. The molecule has 2 aromatic carbocycles. The van der Waals surface area contributed by atoms with Gasteiger partial charge in [-0.1, -0.05) is 18.2 Å². The molecule has 5 heteroatoms. The summed E-state index contributed by atoms with van der Waals surface area (Å²) < 4.78 is 22.9. The van der Waals surface area contributed by atoms with Crippen molar-refractivity contribution in [3.63, 3.8) is 0 Å². The molecular formula is C16H13NO3S. The molecule has 0 saturated heterocycles. The van der Waals surface area contributed by atoms with Crippen LogP contribution >= 0.6 is 0 Å². The minimum absolute atomic E-state index is 0.132. The van der Waals surface area contributed by atoms with Crippen molar-refractivity contribution < 1.29 is 8.42 Å². The van der Waals surface area contributed by atoms with Gasteiger partial charge in [0, 0.05) is 17.8 Å². The molecule has 0 aliphatic rings. The zero-order chi connectivity index (χ0) is 15.0. The van der Waals surface area contributed by atoms with Crippen molar-refractivity contribution in [1.82, 2.24) is 4.98 Å². The normalized spacial score (nSPS) is 11.7. The Morgan fingerprint density at radius 3 is 2.19 bits per heavy atom. The number of hydrogen-bond acceptors (Lipinski definition) is 3. The zero-order valence-corrected chi connectivity index (χ0v) is 12.1. The van der Waals surface area contributed by atoms with E-state index < -0.39 is 9.84 Å². The van der Waals surface area contributed by atoms with Crippen LogP contribution in [0, 0.1) is 0 Å². The Morgan fingerprint density at radius 1 is 0.857 bits per heavy atom. The number of aromatic amines is 1. The molecule has 0 fully saturated rings. The number of rotatable bonds is 2. The Labute approximate surface area is 122 Å². The molecule has 3 aromatic rings. The molecule has 0 amide bonds. The molecule has 3 rings (SSSR count). The average Bonchev–Trinajstić information content (AvgIpc) is 2.46. The molecule has 0 unspecified atom stereocenters. The first-order valence-electron chi connectivity index (χ1n) is 6.37. The van der Waals surface area contributed by atoms with Crippen LogP contribution in [0.5, 0.6) is 0 Å². The van der Waals surface area contributed by atoms with Crippen LogP contribution in [-0.2, 0) is 9.84 Å². The third kappa shape index (κ3) is 2.73. The molecule has 4 nitrogen and oxygen atoms in total. The number of benzene rings is 2. The molecule has 0 saturated carbocycles. The number of sulfone groups is 1. The largest absolute Gasteiger partial charge is 0.322 e. The van der Waals surface area contributed by atoms with E-state index in [1.165, 1.54) is 12.3 Å². The minimum atomic E-state index is -3.18. The number of pyridine rings is 1. The molecular weight excluding hydrogens is 286 g/mol. The maximum atomic E-state index is 11.5. The van der Waals surface area contributed by atoms with Gasteiger partial charge in [-0.2, -0.15) is 0 Å². The average molecular weight is 299 g/mol. The van der Waals surface area contributed by atoms with Crippen LogP contribution in [0.25, 0.3) is 22.0 Å². The zero-order valence-electron chi connectivity index (χ0n) is 11.3. The molecule has 1 aromatic heterocycles. The highest BCUT2D eigenvalue weighted by molar-refractivity contribution is 7.90. The van der Waals surface area contributed by atoms with E-state index in [2.05, 4.69) is 4.98 Å². The summed E-state index contributed by atoms with van der Waals surface area (Å²) in [6.07, 6.45) is 1.19. The molecule has 0 aliphatic carbocycles. The lowest BCUT2D eigenvalue weighted by Gasteiger charge is -2.05. The van der Waals surface area contributed by atoms with Crippen LogP contribution in [0.15, 0.2) is 64.3 Å². The Kier molecular flexibility index (Phi) is 3.14. The van der Waals surface area contributed by atoms with Gasteiger partial charge in [-0.05, 0) is 46.8 Å². The lowest BCUT2D eigenvalue weighted by Crippen LogP contribution is -2.02. The second-order valence-electron chi connectivity index (χ2n) is 4.92. The fourth-order valence-corrected chi connectivity index (χ4v) is 2.86. The second kappa shape index (κ2) is 4.86. The first-order valence-corrected chi connectivity index (χ1v) is 8.26. The Balaban J connectivity index is 2.08. The second-order valence-corrected chi connectivity index (χ2v) is 6.94. The monoisotopic (exact) mass is 299 g/mol. The van der Waals surface area contributed by atoms with Crippen molar-refractivity contribution >= 4 is 20.7 Å². The summed E-state index contributed by atoms with van der Waals surface area (Å²) in [5.41, 5.74) is 2.54. The Hall–Kier alpha value is -2.40. The first-order chi connectivity index (χ1) is 9.93. The summed E-state index contributed by atoms with van der Waals surface area (Å²) in [6.45, 7) is 0. The van der Waals surface area contributed by atoms with Crippen LogP contribution in [0.3, 0.4) is 0 Å². The molecule has 106 valence electrons. The maximum absolute atomic E-state index is 11.5. The van der Waals surface area contributed by atoms with E-state index in [0.717, 1.165) is 22.0 Å². The van der Waals surface area contributed by atoms with Crippen molar-refractivity contribution in [2.24, 2.45) is 0 Å². The number of aromatic nitrogens is 1. The first kappa shape index (κ1) is 13.6. The fraction of sp³-hybridized carbons (Fsp3) is 0.0625. The van der Waals surface area contributed by atoms with Gasteiger partial charge >= 0.3 is 0 Å². The highest BCUT2D eigenvalue weighted by Gasteiger charge is 2.07. The van der Waals surface area contributed by atoms with Gasteiger partial charge in [0.05, 0.1) is 4.90 Å². The molecule has 0 atom stereocenters. The van der Waals surface area contributed by atoms with Crippen molar-refractivity contribution in [2.75, 3.05) is 6.26 Å². The van der Waals surface area contributed by atoms with Crippen molar-refractivity contribution in [3.05, 3.63) is 65.0 Å². The highest BCUT2D eigenvalue weighted by Crippen LogP contribution is 2.24. The molecule has 0 aliphatic heterocycles. The number of fused-ring (bicyclic) bond motifs is 1. The summed E-state index contributed by atoms with van der Waals surface area (Å²) >= 11 is 0.